The first-order valence-electron chi connectivity index (χ1n) is 6.44. The van der Waals surface area contributed by atoms with Gasteiger partial charge in [-0.3, -0.25) is 0 Å². The fourth-order valence-electron chi connectivity index (χ4n) is 1.74. The Hall–Kier alpha value is -1.91. The van der Waals surface area contributed by atoms with Crippen LogP contribution in [-0.2, 0) is 0 Å². The summed E-state index contributed by atoms with van der Waals surface area (Å²) in [5.74, 6) is 1.83. The van der Waals surface area contributed by atoms with Gasteiger partial charge in [0, 0.05) is 5.56 Å². The summed E-state index contributed by atoms with van der Waals surface area (Å²) in [5, 5.41) is 11.6. The minimum absolute atomic E-state index is 0.0462. The highest BCUT2D eigenvalue weighted by Gasteiger charge is 2.10. The van der Waals surface area contributed by atoms with Crippen molar-refractivity contribution in [1.29, 1.82) is 0 Å². The van der Waals surface area contributed by atoms with Crippen molar-refractivity contribution >= 4 is 5.84 Å². The quantitative estimate of drug-likeness (QED) is 0.344. The molecule has 0 saturated heterocycles. The molecule has 0 aliphatic carbocycles. The van der Waals surface area contributed by atoms with Crippen molar-refractivity contribution in [2.75, 3.05) is 13.7 Å². The second kappa shape index (κ2) is 7.51. The van der Waals surface area contributed by atoms with Crippen LogP contribution in [0.4, 0.5) is 0 Å². The second-order valence-corrected chi connectivity index (χ2v) is 4.34. The SMILES string of the molecule is CCC(CC)COc1ccc(/C(N)=N/O)cc1OC. The zero-order valence-electron chi connectivity index (χ0n) is 11.7. The molecule has 19 heavy (non-hydrogen) atoms. The van der Waals surface area contributed by atoms with Crippen molar-refractivity contribution in [3.8, 4) is 11.5 Å². The number of benzene rings is 1. The lowest BCUT2D eigenvalue weighted by Gasteiger charge is -2.16. The van der Waals surface area contributed by atoms with E-state index in [1.54, 1.807) is 25.3 Å². The number of oxime groups is 1. The van der Waals surface area contributed by atoms with Crippen molar-refractivity contribution in [3.63, 3.8) is 0 Å². The molecule has 0 bridgehead atoms. The summed E-state index contributed by atoms with van der Waals surface area (Å²) in [5.41, 5.74) is 6.13. The summed E-state index contributed by atoms with van der Waals surface area (Å²) >= 11 is 0. The van der Waals surface area contributed by atoms with E-state index in [-0.39, 0.29) is 5.84 Å². The number of rotatable bonds is 7. The number of methoxy groups -OCH3 is 1. The summed E-state index contributed by atoms with van der Waals surface area (Å²) in [6, 6.07) is 5.20. The molecule has 0 unspecified atom stereocenters. The van der Waals surface area contributed by atoms with Crippen LogP contribution in [0.3, 0.4) is 0 Å². The highest BCUT2D eigenvalue weighted by atomic mass is 16.5. The lowest BCUT2D eigenvalue weighted by atomic mass is 10.1. The molecule has 1 rings (SSSR count). The zero-order valence-corrected chi connectivity index (χ0v) is 11.7. The molecule has 5 nitrogen and oxygen atoms in total. The van der Waals surface area contributed by atoms with Crippen molar-refractivity contribution in [2.45, 2.75) is 26.7 Å². The van der Waals surface area contributed by atoms with Crippen LogP contribution >= 0.6 is 0 Å². The Balaban J connectivity index is 2.84. The van der Waals surface area contributed by atoms with Gasteiger partial charge in [0.1, 0.15) is 0 Å². The van der Waals surface area contributed by atoms with Crippen LogP contribution in [0.2, 0.25) is 0 Å². The van der Waals surface area contributed by atoms with Crippen molar-refractivity contribution < 1.29 is 14.7 Å². The molecule has 3 N–H and O–H groups in total. The molecular formula is C14H22N2O3. The molecule has 0 fully saturated rings. The second-order valence-electron chi connectivity index (χ2n) is 4.34. The van der Waals surface area contributed by atoms with Crippen LogP contribution in [0.25, 0.3) is 0 Å². The average molecular weight is 266 g/mol. The Morgan fingerprint density at radius 3 is 2.53 bits per heavy atom. The molecule has 0 aliphatic rings. The van der Waals surface area contributed by atoms with Crippen molar-refractivity contribution in [3.05, 3.63) is 23.8 Å². The fourth-order valence-corrected chi connectivity index (χ4v) is 1.74. The lowest BCUT2D eigenvalue weighted by Crippen LogP contribution is -2.14. The summed E-state index contributed by atoms with van der Waals surface area (Å²) in [6.07, 6.45) is 2.17. The topological polar surface area (TPSA) is 77.1 Å². The predicted octanol–water partition coefficient (Wildman–Crippen LogP) is 2.60. The first-order valence-corrected chi connectivity index (χ1v) is 6.44. The van der Waals surface area contributed by atoms with Crippen LogP contribution in [-0.4, -0.2) is 24.8 Å². The maximum atomic E-state index is 8.65. The number of ether oxygens (including phenoxy) is 2. The third-order valence-corrected chi connectivity index (χ3v) is 3.20. The lowest BCUT2D eigenvalue weighted by molar-refractivity contribution is 0.230. The number of nitrogens with two attached hydrogens (primary N) is 1. The molecule has 0 radical (unpaired) electrons. The summed E-state index contributed by atoms with van der Waals surface area (Å²) in [7, 11) is 1.56. The molecule has 0 atom stereocenters. The van der Waals surface area contributed by atoms with Gasteiger partial charge in [-0.25, -0.2) is 0 Å². The van der Waals surface area contributed by atoms with E-state index in [0.717, 1.165) is 12.8 Å². The Labute approximate surface area is 114 Å². The zero-order chi connectivity index (χ0) is 14.3. The van der Waals surface area contributed by atoms with Gasteiger partial charge in [-0.2, -0.15) is 0 Å². The molecule has 0 amide bonds. The van der Waals surface area contributed by atoms with Gasteiger partial charge >= 0.3 is 0 Å². The van der Waals surface area contributed by atoms with E-state index in [9.17, 15) is 0 Å². The van der Waals surface area contributed by atoms with E-state index in [1.807, 2.05) is 0 Å². The Morgan fingerprint density at radius 1 is 1.32 bits per heavy atom. The summed E-state index contributed by atoms with van der Waals surface area (Å²) < 4.78 is 11.0. The van der Waals surface area contributed by atoms with Gasteiger partial charge < -0.3 is 20.4 Å². The standard InChI is InChI=1S/C14H22N2O3/c1-4-10(5-2)9-19-12-7-6-11(14(15)16-17)8-13(12)18-3/h6-8,10,17H,4-5,9H2,1-3H3,(H2,15,16). The van der Waals surface area contributed by atoms with Gasteiger partial charge in [-0.05, 0) is 24.1 Å². The Kier molecular flexibility index (Phi) is 5.99. The number of nitrogens with zero attached hydrogens (tertiary/aromatic N) is 1. The minimum Gasteiger partial charge on any atom is -0.493 e. The van der Waals surface area contributed by atoms with E-state index in [2.05, 4.69) is 19.0 Å². The first-order chi connectivity index (χ1) is 9.15. The van der Waals surface area contributed by atoms with Gasteiger partial charge in [0.25, 0.3) is 0 Å². The monoisotopic (exact) mass is 266 g/mol. The van der Waals surface area contributed by atoms with Gasteiger partial charge in [0.2, 0.25) is 0 Å². The van der Waals surface area contributed by atoms with Crippen LogP contribution in [0, 0.1) is 5.92 Å². The van der Waals surface area contributed by atoms with E-state index in [0.29, 0.717) is 29.6 Å². The molecule has 0 heterocycles. The van der Waals surface area contributed by atoms with E-state index in [1.165, 1.54) is 0 Å². The summed E-state index contributed by atoms with van der Waals surface area (Å²) in [6.45, 7) is 4.96. The predicted molar refractivity (Wildman–Crippen MR) is 75.1 cm³/mol. The summed E-state index contributed by atoms with van der Waals surface area (Å²) in [4.78, 5) is 0. The third-order valence-electron chi connectivity index (χ3n) is 3.20. The van der Waals surface area contributed by atoms with Crippen LogP contribution < -0.4 is 15.2 Å². The van der Waals surface area contributed by atoms with Crippen molar-refractivity contribution in [2.24, 2.45) is 16.8 Å². The van der Waals surface area contributed by atoms with E-state index < -0.39 is 0 Å². The number of amidine groups is 1. The fraction of sp³-hybridized carbons (Fsp3) is 0.500. The highest BCUT2D eigenvalue weighted by Crippen LogP contribution is 2.28. The van der Waals surface area contributed by atoms with Crippen LogP contribution in [0.1, 0.15) is 32.3 Å². The molecular weight excluding hydrogens is 244 g/mol. The first kappa shape index (κ1) is 15.1. The van der Waals surface area contributed by atoms with Crippen LogP contribution in [0.5, 0.6) is 11.5 Å². The van der Waals surface area contributed by atoms with Gasteiger partial charge in [0.05, 0.1) is 13.7 Å². The normalized spacial score (nSPS) is 11.7. The van der Waals surface area contributed by atoms with E-state index in [4.69, 9.17) is 20.4 Å². The molecule has 0 saturated carbocycles. The molecule has 1 aromatic rings. The van der Waals surface area contributed by atoms with Gasteiger partial charge in [0.15, 0.2) is 17.3 Å². The average Bonchev–Trinajstić information content (AvgIpc) is 2.47. The van der Waals surface area contributed by atoms with Crippen LogP contribution in [0.15, 0.2) is 23.4 Å². The van der Waals surface area contributed by atoms with E-state index >= 15 is 0 Å². The van der Waals surface area contributed by atoms with Gasteiger partial charge in [-0.15, -0.1) is 0 Å². The molecule has 1 aromatic carbocycles. The molecule has 106 valence electrons. The number of hydrogen-bond donors (Lipinski definition) is 2. The third kappa shape index (κ3) is 4.05. The molecule has 0 aromatic heterocycles. The molecule has 5 heteroatoms. The maximum absolute atomic E-state index is 8.65. The maximum Gasteiger partial charge on any atom is 0.170 e. The largest absolute Gasteiger partial charge is 0.493 e. The van der Waals surface area contributed by atoms with Gasteiger partial charge in [-0.1, -0.05) is 31.8 Å². The number of hydrogen-bond acceptors (Lipinski definition) is 4. The Bertz CT molecular complexity index is 429. The highest BCUT2D eigenvalue weighted by molar-refractivity contribution is 5.97. The molecule has 0 aliphatic heterocycles. The Morgan fingerprint density at radius 2 is 2.00 bits per heavy atom. The smallest absolute Gasteiger partial charge is 0.170 e. The van der Waals surface area contributed by atoms with Crippen molar-refractivity contribution in [1.82, 2.24) is 0 Å². The minimum atomic E-state index is 0.0462. The molecule has 0 spiro atoms.